The number of rotatable bonds is 11. The molecule has 0 fully saturated rings. The van der Waals surface area contributed by atoms with Crippen molar-refractivity contribution in [2.75, 3.05) is 13.6 Å². The van der Waals surface area contributed by atoms with E-state index >= 15 is 0 Å². The van der Waals surface area contributed by atoms with E-state index in [2.05, 4.69) is 10.4 Å². The standard InChI is InChI=1S/C26H29F3N6O8S/c1-16(2)41-25(37)42-18(4)43-32-35(38)33(5)15-24(36)31-44(39,40)21-12-10-20(11-13-21)34-22(14-23(30-34)26(27,28)29)19-8-6-17(3)7-9-19/h6-14,16,18H,15H2,1-5H3,(H,31,36)/b35-32-. The number of amides is 1. The van der Waals surface area contributed by atoms with Gasteiger partial charge < -0.3 is 14.7 Å². The highest BCUT2D eigenvalue weighted by Gasteiger charge is 2.35. The molecule has 1 atom stereocenters. The second kappa shape index (κ2) is 13.6. The minimum atomic E-state index is -4.72. The maximum Gasteiger partial charge on any atom is 0.511 e. The molecular formula is C26H29F3N6O8S. The molecule has 1 amide bonds. The third-order valence-electron chi connectivity index (χ3n) is 5.51. The third-order valence-corrected chi connectivity index (χ3v) is 6.90. The number of benzene rings is 2. The molecule has 1 N–H and O–H groups in total. The highest BCUT2D eigenvalue weighted by molar-refractivity contribution is 7.90. The maximum atomic E-state index is 13.5. The molecule has 0 bridgehead atoms. The average Bonchev–Trinajstić information content (AvgIpc) is 3.37. The smallest absolute Gasteiger partial charge is 0.511 e. The van der Waals surface area contributed by atoms with Gasteiger partial charge in [-0.15, -0.1) is 5.01 Å². The Bertz CT molecular complexity index is 1610. The van der Waals surface area contributed by atoms with E-state index in [1.807, 2.05) is 6.92 Å². The summed E-state index contributed by atoms with van der Waals surface area (Å²) in [5.74, 6) is -1.12. The second-order valence-electron chi connectivity index (χ2n) is 9.57. The van der Waals surface area contributed by atoms with E-state index in [0.29, 0.717) is 10.6 Å². The number of nitrogens with zero attached hydrogens (tertiary/aromatic N) is 5. The molecule has 1 unspecified atom stereocenters. The second-order valence-corrected chi connectivity index (χ2v) is 11.3. The number of sulfonamides is 1. The summed E-state index contributed by atoms with van der Waals surface area (Å²) >= 11 is 0. The molecule has 0 aliphatic rings. The normalized spacial score (nSPS) is 12.9. The first-order chi connectivity index (χ1) is 20.5. The Hall–Kier alpha value is -4.87. The van der Waals surface area contributed by atoms with Gasteiger partial charge in [-0.2, -0.15) is 18.3 Å². The van der Waals surface area contributed by atoms with Crippen LogP contribution in [0.25, 0.3) is 16.9 Å². The first-order valence-electron chi connectivity index (χ1n) is 12.8. The summed E-state index contributed by atoms with van der Waals surface area (Å²) in [6, 6.07) is 12.2. The van der Waals surface area contributed by atoms with Crippen LogP contribution in [0.1, 0.15) is 32.0 Å². The van der Waals surface area contributed by atoms with Crippen molar-refractivity contribution in [1.82, 2.24) is 19.5 Å². The van der Waals surface area contributed by atoms with Crippen LogP contribution in [0.4, 0.5) is 18.0 Å². The molecule has 238 valence electrons. The lowest BCUT2D eigenvalue weighted by atomic mass is 10.1. The largest absolute Gasteiger partial charge is 0.569 e. The molecule has 1 heterocycles. The molecule has 2 aromatic carbocycles. The number of ether oxygens (including phenoxy) is 2. The zero-order valence-electron chi connectivity index (χ0n) is 24.1. The van der Waals surface area contributed by atoms with Crippen LogP contribution in [0.3, 0.4) is 0 Å². The van der Waals surface area contributed by atoms with Gasteiger partial charge in [-0.1, -0.05) is 29.8 Å². The summed E-state index contributed by atoms with van der Waals surface area (Å²) in [7, 11) is -3.35. The minimum Gasteiger partial charge on any atom is -0.569 e. The molecule has 3 rings (SSSR count). The molecular weight excluding hydrogens is 613 g/mol. The summed E-state index contributed by atoms with van der Waals surface area (Å²) in [5, 5.41) is 19.5. The molecule has 0 aliphatic heterocycles. The van der Waals surface area contributed by atoms with Crippen LogP contribution in [-0.2, 0) is 35.3 Å². The van der Waals surface area contributed by atoms with Crippen molar-refractivity contribution in [1.29, 1.82) is 0 Å². The number of aryl methyl sites for hydroxylation is 1. The van der Waals surface area contributed by atoms with Gasteiger partial charge in [0, 0.05) is 12.5 Å². The Balaban J connectivity index is 1.69. The van der Waals surface area contributed by atoms with Gasteiger partial charge in [0.1, 0.15) is 0 Å². The van der Waals surface area contributed by atoms with Crippen molar-refractivity contribution in [3.8, 4) is 16.9 Å². The average molecular weight is 643 g/mol. The van der Waals surface area contributed by atoms with E-state index in [1.54, 1.807) is 42.8 Å². The SMILES string of the molecule is Cc1ccc(-c2cc(C(F)(F)F)nn2-c2ccc(S(=O)(=O)NC(=O)CN(C)/[N+]([O-])=N/OC(C)OC(=O)OC(C)C)cc2)cc1. The molecule has 14 nitrogen and oxygen atoms in total. The summed E-state index contributed by atoms with van der Waals surface area (Å²) < 4.78 is 78.2. The van der Waals surface area contributed by atoms with E-state index < -0.39 is 52.9 Å². The summed E-state index contributed by atoms with van der Waals surface area (Å²) in [5.41, 5.74) is 0.458. The molecule has 0 radical (unpaired) electrons. The number of aromatic nitrogens is 2. The van der Waals surface area contributed by atoms with Crippen molar-refractivity contribution >= 4 is 22.1 Å². The lowest BCUT2D eigenvalue weighted by Gasteiger charge is -2.15. The van der Waals surface area contributed by atoms with Crippen LogP contribution in [0.2, 0.25) is 0 Å². The van der Waals surface area contributed by atoms with Crippen LogP contribution in [0.5, 0.6) is 0 Å². The van der Waals surface area contributed by atoms with Gasteiger partial charge in [0.15, 0.2) is 12.2 Å². The number of hydrogen-bond donors (Lipinski definition) is 1. The Morgan fingerprint density at radius 1 is 1.09 bits per heavy atom. The summed E-state index contributed by atoms with van der Waals surface area (Å²) in [6.07, 6.45) is -7.56. The predicted molar refractivity (Wildman–Crippen MR) is 146 cm³/mol. The lowest BCUT2D eigenvalue weighted by molar-refractivity contribution is -0.705. The molecule has 0 spiro atoms. The van der Waals surface area contributed by atoms with Gasteiger partial charge >= 0.3 is 12.3 Å². The van der Waals surface area contributed by atoms with Gasteiger partial charge in [0.2, 0.25) is 5.28 Å². The van der Waals surface area contributed by atoms with Gasteiger partial charge in [-0.05, 0) is 51.1 Å². The predicted octanol–water partition coefficient (Wildman–Crippen LogP) is 4.32. The number of halogens is 3. The van der Waals surface area contributed by atoms with E-state index in [-0.39, 0.29) is 21.2 Å². The molecule has 0 saturated carbocycles. The Kier molecular flexibility index (Phi) is 10.4. The Morgan fingerprint density at radius 2 is 1.70 bits per heavy atom. The van der Waals surface area contributed by atoms with Crippen LogP contribution in [0.15, 0.2) is 64.8 Å². The Morgan fingerprint density at radius 3 is 2.27 bits per heavy atom. The van der Waals surface area contributed by atoms with Crippen LogP contribution in [0, 0.1) is 12.1 Å². The Labute approximate surface area is 250 Å². The molecule has 1 aromatic heterocycles. The number of hydrogen-bond acceptors (Lipinski definition) is 10. The monoisotopic (exact) mass is 642 g/mol. The van der Waals surface area contributed by atoms with Crippen molar-refractivity contribution in [3.63, 3.8) is 0 Å². The molecule has 0 saturated heterocycles. The number of carbonyl (C=O) groups excluding carboxylic acids is 2. The number of hydrazine groups is 1. The quantitative estimate of drug-likeness (QED) is 0.105. The minimum absolute atomic E-state index is 0.122. The van der Waals surface area contributed by atoms with Crippen molar-refractivity contribution in [2.45, 2.75) is 51.2 Å². The van der Waals surface area contributed by atoms with E-state index in [4.69, 9.17) is 14.3 Å². The fourth-order valence-corrected chi connectivity index (χ4v) is 4.45. The first-order valence-corrected chi connectivity index (χ1v) is 14.3. The van der Waals surface area contributed by atoms with Gasteiger partial charge in [-0.25, -0.2) is 22.6 Å². The van der Waals surface area contributed by atoms with Crippen LogP contribution in [-0.4, -0.2) is 66.2 Å². The maximum absolute atomic E-state index is 13.5. The van der Waals surface area contributed by atoms with Crippen molar-refractivity contribution < 1.29 is 50.5 Å². The van der Waals surface area contributed by atoms with Crippen LogP contribution >= 0.6 is 0 Å². The molecule has 3 aromatic rings. The van der Waals surface area contributed by atoms with Crippen LogP contribution < -0.4 is 4.72 Å². The number of nitrogens with one attached hydrogen (secondary N) is 1. The highest BCUT2D eigenvalue weighted by Crippen LogP contribution is 2.33. The van der Waals surface area contributed by atoms with Crippen molar-refractivity contribution in [2.24, 2.45) is 5.28 Å². The first kappa shape index (κ1) is 33.6. The third kappa shape index (κ3) is 9.06. The number of carbonyl (C=O) groups is 2. The topological polar surface area (TPSA) is 167 Å². The molecule has 0 aliphatic carbocycles. The summed E-state index contributed by atoms with van der Waals surface area (Å²) in [4.78, 5) is 27.9. The van der Waals surface area contributed by atoms with E-state index in [9.17, 15) is 36.4 Å². The highest BCUT2D eigenvalue weighted by atomic mass is 32.2. The zero-order valence-corrected chi connectivity index (χ0v) is 24.9. The molecule has 18 heteroatoms. The fraction of sp³-hybridized carbons (Fsp3) is 0.346. The zero-order chi connectivity index (χ0) is 32.8. The fourth-order valence-electron chi connectivity index (χ4n) is 3.47. The number of alkyl halides is 3. The molecule has 44 heavy (non-hydrogen) atoms. The van der Waals surface area contributed by atoms with Gasteiger partial charge in [0.25, 0.3) is 22.2 Å². The van der Waals surface area contributed by atoms with E-state index in [1.165, 1.54) is 19.1 Å². The van der Waals surface area contributed by atoms with Gasteiger partial charge in [0.05, 0.1) is 34.4 Å². The summed E-state index contributed by atoms with van der Waals surface area (Å²) in [6.45, 7) is 5.46. The lowest BCUT2D eigenvalue weighted by Crippen LogP contribution is -2.40. The van der Waals surface area contributed by atoms with Gasteiger partial charge in [-0.3, -0.25) is 9.63 Å². The van der Waals surface area contributed by atoms with E-state index in [0.717, 1.165) is 35.5 Å². The number of likely N-dealkylation sites (N-methyl/N-ethyl adjacent to an activating group) is 1. The van der Waals surface area contributed by atoms with Crippen molar-refractivity contribution in [3.05, 3.63) is 71.1 Å².